The van der Waals surface area contributed by atoms with Crippen LogP contribution in [0, 0.1) is 17.8 Å². The van der Waals surface area contributed by atoms with Gasteiger partial charge in [-0.15, -0.1) is 0 Å². The highest BCUT2D eigenvalue weighted by molar-refractivity contribution is 7.47. The van der Waals surface area contributed by atoms with Gasteiger partial charge in [-0.05, 0) is 43.4 Å². The van der Waals surface area contributed by atoms with Gasteiger partial charge in [0.05, 0.1) is 26.4 Å². The molecule has 0 aliphatic carbocycles. The van der Waals surface area contributed by atoms with Crippen molar-refractivity contribution in [1.82, 2.24) is 0 Å². The Kier molecular flexibility index (Phi) is 70.9. The first-order chi connectivity index (χ1) is 48.8. The van der Waals surface area contributed by atoms with Crippen molar-refractivity contribution in [3.05, 3.63) is 0 Å². The van der Waals surface area contributed by atoms with Crippen LogP contribution in [-0.2, 0) is 65.4 Å². The van der Waals surface area contributed by atoms with Crippen molar-refractivity contribution in [3.63, 3.8) is 0 Å². The maximum absolute atomic E-state index is 13.1. The summed E-state index contributed by atoms with van der Waals surface area (Å²) in [6.07, 6.45) is 61.0. The van der Waals surface area contributed by atoms with E-state index in [-0.39, 0.29) is 25.7 Å². The summed E-state index contributed by atoms with van der Waals surface area (Å²) >= 11 is 0. The van der Waals surface area contributed by atoms with Crippen LogP contribution in [0.1, 0.15) is 427 Å². The molecule has 3 unspecified atom stereocenters. The number of phosphoric ester groups is 2. The Balaban J connectivity index is 5.22. The number of aliphatic hydroxyl groups is 1. The molecule has 101 heavy (non-hydrogen) atoms. The molecule has 17 nitrogen and oxygen atoms in total. The van der Waals surface area contributed by atoms with Gasteiger partial charge in [-0.2, -0.15) is 0 Å². The number of rotatable bonds is 80. The van der Waals surface area contributed by atoms with Crippen LogP contribution in [0.4, 0.5) is 0 Å². The number of carbonyl (C=O) groups is 4. The molecular weight excluding hydrogens is 1320 g/mol. The van der Waals surface area contributed by atoms with Gasteiger partial charge in [-0.3, -0.25) is 37.3 Å². The fourth-order valence-corrected chi connectivity index (χ4v) is 14.2. The molecule has 0 radical (unpaired) electrons. The second-order valence-electron chi connectivity index (χ2n) is 30.7. The molecule has 3 N–H and O–H groups in total. The van der Waals surface area contributed by atoms with Crippen LogP contribution in [0.15, 0.2) is 0 Å². The Hall–Kier alpha value is -1.94. The number of aliphatic hydroxyl groups excluding tert-OH is 1. The number of esters is 4. The third kappa shape index (κ3) is 74.7. The molecule has 0 rings (SSSR count). The van der Waals surface area contributed by atoms with E-state index in [0.717, 1.165) is 108 Å². The van der Waals surface area contributed by atoms with Gasteiger partial charge in [0, 0.05) is 25.7 Å². The first-order valence-corrected chi connectivity index (χ1v) is 45.4. The summed E-state index contributed by atoms with van der Waals surface area (Å²) in [5.41, 5.74) is 0. The maximum atomic E-state index is 13.1. The molecule has 0 aromatic rings. The van der Waals surface area contributed by atoms with Gasteiger partial charge < -0.3 is 33.8 Å². The van der Waals surface area contributed by atoms with E-state index in [1.54, 1.807) is 0 Å². The molecule has 0 saturated carbocycles. The van der Waals surface area contributed by atoms with Crippen molar-refractivity contribution < 1.29 is 80.2 Å². The van der Waals surface area contributed by atoms with Crippen LogP contribution in [0.5, 0.6) is 0 Å². The van der Waals surface area contributed by atoms with Crippen LogP contribution >= 0.6 is 15.6 Å². The Morgan fingerprint density at radius 3 is 0.752 bits per heavy atom. The third-order valence-electron chi connectivity index (χ3n) is 19.5. The number of ether oxygens (including phenoxy) is 4. The quantitative estimate of drug-likeness (QED) is 0.0222. The van der Waals surface area contributed by atoms with Crippen molar-refractivity contribution in [3.8, 4) is 0 Å². The van der Waals surface area contributed by atoms with Crippen molar-refractivity contribution in [1.29, 1.82) is 0 Å². The van der Waals surface area contributed by atoms with E-state index >= 15 is 0 Å². The maximum Gasteiger partial charge on any atom is 0.472 e. The lowest BCUT2D eigenvalue weighted by Gasteiger charge is -2.21. The smallest absolute Gasteiger partial charge is 0.462 e. The molecule has 0 spiro atoms. The number of hydrogen-bond acceptors (Lipinski definition) is 15. The monoisotopic (exact) mass is 1480 g/mol. The minimum Gasteiger partial charge on any atom is -0.462 e. The summed E-state index contributed by atoms with van der Waals surface area (Å²) in [6, 6.07) is 0. The zero-order valence-electron chi connectivity index (χ0n) is 66.4. The van der Waals surface area contributed by atoms with E-state index in [9.17, 15) is 43.2 Å². The molecule has 0 heterocycles. The van der Waals surface area contributed by atoms with Gasteiger partial charge in [-0.25, -0.2) is 9.13 Å². The molecule has 0 aromatic heterocycles. The fraction of sp³-hybridized carbons (Fsp3) is 0.951. The first kappa shape index (κ1) is 99.1. The highest BCUT2D eigenvalue weighted by Gasteiger charge is 2.30. The van der Waals surface area contributed by atoms with Crippen molar-refractivity contribution in [2.45, 2.75) is 446 Å². The van der Waals surface area contributed by atoms with Crippen LogP contribution < -0.4 is 0 Å². The first-order valence-electron chi connectivity index (χ1n) is 42.4. The topological polar surface area (TPSA) is 237 Å². The molecule has 0 aliphatic rings. The Bertz CT molecular complexity index is 1960. The summed E-state index contributed by atoms with van der Waals surface area (Å²) in [4.78, 5) is 73.1. The van der Waals surface area contributed by atoms with Gasteiger partial charge >= 0.3 is 39.5 Å². The summed E-state index contributed by atoms with van der Waals surface area (Å²) in [6.45, 7) is 12.0. The number of phosphoric acid groups is 2. The molecule has 0 amide bonds. The highest BCUT2D eigenvalue weighted by atomic mass is 31.2. The number of hydrogen-bond donors (Lipinski definition) is 3. The molecule has 0 bridgehead atoms. The molecular formula is C82H160O17P2. The normalized spacial score (nSPS) is 14.2. The molecule has 19 heteroatoms. The number of unbranched alkanes of at least 4 members (excludes halogenated alkanes) is 47. The standard InChI is InChI=1S/C82H160O17P2/c1-8-10-11-12-13-14-15-16-24-27-35-42-49-56-63-79(84)92-69-77(98-81(86)65-58-51-44-36-28-25-22-20-18-17-19-21-23-26-34-41-48-55-62-75(7)9-2)71-96-100(88,89)94-67-76(83)68-95-101(90,91)97-72-78(70-93-80(85)64-57-50-43-38-31-33-40-47-54-61-74(5)6)99-82(87)66-59-52-45-37-30-29-32-39-46-53-60-73(3)4/h73-78,83H,8-72H2,1-7H3,(H,88,89)(H,90,91)/t75?,76-,77-,78-/m1/s1. The fourth-order valence-electron chi connectivity index (χ4n) is 12.6. The number of carbonyl (C=O) groups excluding carboxylic acids is 4. The lowest BCUT2D eigenvalue weighted by molar-refractivity contribution is -0.161. The summed E-state index contributed by atoms with van der Waals surface area (Å²) in [7, 11) is -9.92. The van der Waals surface area contributed by atoms with E-state index in [0.29, 0.717) is 25.7 Å². The van der Waals surface area contributed by atoms with Crippen molar-refractivity contribution in [2.75, 3.05) is 39.6 Å². The zero-order chi connectivity index (χ0) is 74.4. The predicted octanol–water partition coefficient (Wildman–Crippen LogP) is 24.5. The average Bonchev–Trinajstić information content (AvgIpc) is 0.925. The molecule has 0 aromatic carbocycles. The van der Waals surface area contributed by atoms with Gasteiger partial charge in [0.15, 0.2) is 12.2 Å². The SMILES string of the molecule is CCCCCCCCCCCCCCCCC(=O)OC[C@H](COP(=O)(O)OC[C@@H](O)COP(=O)(O)OC[C@@H](COC(=O)CCCCCCCCCCCC(C)C)OC(=O)CCCCCCCCCCCCC(C)C)OC(=O)CCCCCCCCCCCCCCCCCCCCC(C)CC. The van der Waals surface area contributed by atoms with Crippen LogP contribution in [-0.4, -0.2) is 96.7 Å². The van der Waals surface area contributed by atoms with Gasteiger partial charge in [0.2, 0.25) is 0 Å². The van der Waals surface area contributed by atoms with Crippen LogP contribution in [0.3, 0.4) is 0 Å². The Morgan fingerprint density at radius 1 is 0.287 bits per heavy atom. The minimum absolute atomic E-state index is 0.106. The van der Waals surface area contributed by atoms with Crippen molar-refractivity contribution >= 4 is 39.5 Å². The van der Waals surface area contributed by atoms with Gasteiger partial charge in [-0.1, -0.05) is 376 Å². The molecule has 0 fully saturated rings. The van der Waals surface area contributed by atoms with Gasteiger partial charge in [0.25, 0.3) is 0 Å². The van der Waals surface area contributed by atoms with Crippen molar-refractivity contribution in [2.24, 2.45) is 17.8 Å². The summed E-state index contributed by atoms with van der Waals surface area (Å²) < 4.78 is 68.7. The van der Waals surface area contributed by atoms with E-state index in [1.807, 2.05) is 0 Å². The largest absolute Gasteiger partial charge is 0.472 e. The molecule has 6 atom stereocenters. The Morgan fingerprint density at radius 2 is 0.505 bits per heavy atom. The second kappa shape index (κ2) is 72.3. The average molecular weight is 1480 g/mol. The lowest BCUT2D eigenvalue weighted by atomic mass is 9.99. The zero-order valence-corrected chi connectivity index (χ0v) is 68.2. The summed E-state index contributed by atoms with van der Waals surface area (Å²) in [5.74, 6) is 0.257. The molecule has 0 aliphatic heterocycles. The lowest BCUT2D eigenvalue weighted by Crippen LogP contribution is -2.30. The van der Waals surface area contributed by atoms with E-state index in [4.69, 9.17) is 37.0 Å². The highest BCUT2D eigenvalue weighted by Crippen LogP contribution is 2.45. The molecule has 0 saturated heterocycles. The predicted molar refractivity (Wildman–Crippen MR) is 414 cm³/mol. The van der Waals surface area contributed by atoms with E-state index in [1.165, 1.54) is 238 Å². The molecule has 600 valence electrons. The van der Waals surface area contributed by atoms with Crippen LogP contribution in [0.25, 0.3) is 0 Å². The van der Waals surface area contributed by atoms with Crippen LogP contribution in [0.2, 0.25) is 0 Å². The van der Waals surface area contributed by atoms with Gasteiger partial charge in [0.1, 0.15) is 19.3 Å². The Labute approximate surface area is 619 Å². The van der Waals surface area contributed by atoms with E-state index < -0.39 is 97.5 Å². The van der Waals surface area contributed by atoms with E-state index in [2.05, 4.69) is 48.5 Å². The third-order valence-corrected chi connectivity index (χ3v) is 21.4. The minimum atomic E-state index is -4.96. The summed E-state index contributed by atoms with van der Waals surface area (Å²) in [5, 5.41) is 10.6. The second-order valence-corrected chi connectivity index (χ2v) is 33.6.